The van der Waals surface area contributed by atoms with Crippen molar-refractivity contribution in [1.29, 1.82) is 0 Å². The molecule has 0 fully saturated rings. The number of Topliss-reactive ketones (excluding diaryl/α,β-unsaturated/α-hetero) is 1. The molecule has 0 unspecified atom stereocenters. The zero-order valence-electron chi connectivity index (χ0n) is 7.43. The number of halogens is 1. The van der Waals surface area contributed by atoms with E-state index in [4.69, 9.17) is 11.6 Å². The molecule has 0 spiro atoms. The average Bonchev–Trinajstić information content (AvgIpc) is 2.08. The summed E-state index contributed by atoms with van der Waals surface area (Å²) < 4.78 is 0. The van der Waals surface area contributed by atoms with Gasteiger partial charge in [-0.2, -0.15) is 0 Å². The van der Waals surface area contributed by atoms with Crippen molar-refractivity contribution in [3.63, 3.8) is 0 Å². The van der Waals surface area contributed by atoms with E-state index in [2.05, 4.69) is 0 Å². The topological polar surface area (TPSA) is 34.1 Å². The Kier molecular flexibility index (Phi) is 2.83. The van der Waals surface area contributed by atoms with Crippen LogP contribution in [0.4, 0.5) is 0 Å². The minimum atomic E-state index is -0.184. The van der Waals surface area contributed by atoms with E-state index in [-0.39, 0.29) is 5.78 Å². The van der Waals surface area contributed by atoms with Gasteiger partial charge in [0.2, 0.25) is 0 Å². The lowest BCUT2D eigenvalue weighted by atomic mass is 10.0. The van der Waals surface area contributed by atoms with Crippen molar-refractivity contribution in [3.8, 4) is 0 Å². The molecule has 13 heavy (non-hydrogen) atoms. The fourth-order valence-corrected chi connectivity index (χ4v) is 1.46. The highest BCUT2D eigenvalue weighted by Gasteiger charge is 2.12. The molecule has 0 aliphatic heterocycles. The van der Waals surface area contributed by atoms with E-state index >= 15 is 0 Å². The van der Waals surface area contributed by atoms with Gasteiger partial charge >= 0.3 is 0 Å². The van der Waals surface area contributed by atoms with Gasteiger partial charge in [0.05, 0.1) is 5.02 Å². The van der Waals surface area contributed by atoms with Crippen molar-refractivity contribution in [3.05, 3.63) is 33.8 Å². The zero-order chi connectivity index (χ0) is 10.0. The summed E-state index contributed by atoms with van der Waals surface area (Å²) in [5.41, 5.74) is 1.47. The molecule has 0 saturated heterocycles. The molecule has 1 aromatic rings. The molecule has 0 radical (unpaired) electrons. The van der Waals surface area contributed by atoms with Gasteiger partial charge in [0, 0.05) is 11.1 Å². The lowest BCUT2D eigenvalue weighted by molar-refractivity contribution is 0.101. The second-order valence-electron chi connectivity index (χ2n) is 2.83. The molecular weight excluding hydrogens is 188 g/mol. The highest BCUT2D eigenvalue weighted by molar-refractivity contribution is 6.35. The first-order valence-corrected chi connectivity index (χ1v) is 4.21. The van der Waals surface area contributed by atoms with E-state index in [0.29, 0.717) is 22.4 Å². The second-order valence-corrected chi connectivity index (χ2v) is 3.21. The van der Waals surface area contributed by atoms with Crippen molar-refractivity contribution in [1.82, 2.24) is 0 Å². The number of rotatable bonds is 2. The number of aldehydes is 1. The molecule has 0 bridgehead atoms. The molecule has 3 heteroatoms. The fourth-order valence-electron chi connectivity index (χ4n) is 1.15. The van der Waals surface area contributed by atoms with Crippen LogP contribution >= 0.6 is 11.6 Å². The summed E-state index contributed by atoms with van der Waals surface area (Å²) >= 11 is 5.89. The number of benzene rings is 1. The maximum Gasteiger partial charge on any atom is 0.162 e. The quantitative estimate of drug-likeness (QED) is 0.538. The Morgan fingerprint density at radius 3 is 2.54 bits per heavy atom. The highest BCUT2D eigenvalue weighted by Crippen LogP contribution is 2.23. The highest BCUT2D eigenvalue weighted by atomic mass is 35.5. The Labute approximate surface area is 81.5 Å². The summed E-state index contributed by atoms with van der Waals surface area (Å²) in [5.74, 6) is -0.184. The first-order chi connectivity index (χ1) is 6.07. The first-order valence-electron chi connectivity index (χ1n) is 3.83. The van der Waals surface area contributed by atoms with Crippen LogP contribution in [0.1, 0.15) is 33.2 Å². The van der Waals surface area contributed by atoms with Crippen LogP contribution in [0.25, 0.3) is 0 Å². The monoisotopic (exact) mass is 196 g/mol. The first kappa shape index (κ1) is 9.93. The number of carbonyl (C=O) groups excluding carboxylic acids is 2. The Bertz CT molecular complexity index is 369. The van der Waals surface area contributed by atoms with Gasteiger partial charge in [-0.05, 0) is 19.4 Å². The molecule has 1 aromatic carbocycles. The predicted molar refractivity (Wildman–Crippen MR) is 51.6 cm³/mol. The molecule has 0 atom stereocenters. The summed E-state index contributed by atoms with van der Waals surface area (Å²) in [6, 6.07) is 3.32. The number of aryl methyl sites for hydroxylation is 1. The smallest absolute Gasteiger partial charge is 0.162 e. The van der Waals surface area contributed by atoms with Crippen LogP contribution < -0.4 is 0 Å². The van der Waals surface area contributed by atoms with Crippen molar-refractivity contribution < 1.29 is 9.59 Å². The molecule has 0 aliphatic rings. The maximum atomic E-state index is 11.2. The van der Waals surface area contributed by atoms with E-state index in [1.807, 2.05) is 0 Å². The van der Waals surface area contributed by atoms with Crippen LogP contribution in [-0.2, 0) is 0 Å². The van der Waals surface area contributed by atoms with Gasteiger partial charge in [-0.15, -0.1) is 0 Å². The van der Waals surface area contributed by atoms with E-state index in [1.165, 1.54) is 6.92 Å². The van der Waals surface area contributed by atoms with Crippen molar-refractivity contribution >= 4 is 23.7 Å². The zero-order valence-corrected chi connectivity index (χ0v) is 8.18. The number of hydrogen-bond donors (Lipinski definition) is 0. The standard InChI is InChI=1S/C10H9ClO2/c1-6-3-4-8(5-12)9(7(2)13)10(6)11/h3-5H,1-2H3. The summed E-state index contributed by atoms with van der Waals surface area (Å²) in [6.45, 7) is 3.19. The molecule has 0 saturated carbocycles. The lowest BCUT2D eigenvalue weighted by Gasteiger charge is -2.05. The van der Waals surface area contributed by atoms with Crippen LogP contribution in [-0.4, -0.2) is 12.1 Å². The van der Waals surface area contributed by atoms with Crippen LogP contribution in [0.5, 0.6) is 0 Å². The Morgan fingerprint density at radius 2 is 2.08 bits per heavy atom. The molecule has 0 amide bonds. The van der Waals surface area contributed by atoms with Gasteiger partial charge < -0.3 is 0 Å². The van der Waals surface area contributed by atoms with Gasteiger partial charge in [0.25, 0.3) is 0 Å². The summed E-state index contributed by atoms with van der Waals surface area (Å²) in [6.07, 6.45) is 0.641. The Hall–Kier alpha value is -1.15. The predicted octanol–water partition coefficient (Wildman–Crippen LogP) is 2.66. The maximum absolute atomic E-state index is 11.2. The lowest BCUT2D eigenvalue weighted by Crippen LogP contribution is -2.01. The van der Waals surface area contributed by atoms with Gasteiger partial charge in [-0.1, -0.05) is 23.7 Å². The van der Waals surface area contributed by atoms with Crippen LogP contribution in [0, 0.1) is 6.92 Å². The molecular formula is C10H9ClO2. The van der Waals surface area contributed by atoms with Gasteiger partial charge in [-0.25, -0.2) is 0 Å². The Morgan fingerprint density at radius 1 is 1.46 bits per heavy atom. The molecule has 0 N–H and O–H groups in total. The third-order valence-corrected chi connectivity index (χ3v) is 2.33. The average molecular weight is 197 g/mol. The van der Waals surface area contributed by atoms with Crippen LogP contribution in [0.15, 0.2) is 12.1 Å². The van der Waals surface area contributed by atoms with Gasteiger partial charge in [0.1, 0.15) is 0 Å². The van der Waals surface area contributed by atoms with Crippen molar-refractivity contribution in [2.45, 2.75) is 13.8 Å². The molecule has 0 heterocycles. The molecule has 0 aliphatic carbocycles. The SMILES string of the molecule is CC(=O)c1c(C=O)ccc(C)c1Cl. The summed E-state index contributed by atoms with van der Waals surface area (Å²) in [4.78, 5) is 21.7. The number of ketones is 1. The van der Waals surface area contributed by atoms with Gasteiger partial charge in [-0.3, -0.25) is 9.59 Å². The largest absolute Gasteiger partial charge is 0.298 e. The van der Waals surface area contributed by atoms with Crippen molar-refractivity contribution in [2.75, 3.05) is 0 Å². The van der Waals surface area contributed by atoms with E-state index in [1.54, 1.807) is 19.1 Å². The summed E-state index contributed by atoms with van der Waals surface area (Å²) in [5, 5.41) is 0.372. The Balaban J connectivity index is 3.50. The third kappa shape index (κ3) is 1.78. The number of carbonyl (C=O) groups is 2. The second kappa shape index (κ2) is 3.71. The minimum absolute atomic E-state index is 0.184. The van der Waals surface area contributed by atoms with E-state index in [9.17, 15) is 9.59 Å². The molecule has 0 aromatic heterocycles. The van der Waals surface area contributed by atoms with E-state index < -0.39 is 0 Å². The van der Waals surface area contributed by atoms with Crippen molar-refractivity contribution in [2.24, 2.45) is 0 Å². The van der Waals surface area contributed by atoms with Gasteiger partial charge in [0.15, 0.2) is 12.1 Å². The molecule has 1 rings (SSSR count). The molecule has 2 nitrogen and oxygen atoms in total. The third-order valence-electron chi connectivity index (χ3n) is 1.85. The number of hydrogen-bond acceptors (Lipinski definition) is 2. The fraction of sp³-hybridized carbons (Fsp3) is 0.200. The minimum Gasteiger partial charge on any atom is -0.298 e. The molecule has 68 valence electrons. The van der Waals surface area contributed by atoms with E-state index in [0.717, 1.165) is 5.56 Å². The summed E-state index contributed by atoms with van der Waals surface area (Å²) in [7, 11) is 0. The normalized spacial score (nSPS) is 9.77. The van der Waals surface area contributed by atoms with Crippen LogP contribution in [0.3, 0.4) is 0 Å². The van der Waals surface area contributed by atoms with Crippen LogP contribution in [0.2, 0.25) is 5.02 Å².